The lowest BCUT2D eigenvalue weighted by Gasteiger charge is -2.37. The maximum Gasteiger partial charge on any atom is 0.323 e. The number of aromatic nitrogens is 2. The third kappa shape index (κ3) is 2.41. The number of nitro groups is 1. The average molecular weight is 325 g/mol. The molecule has 2 aromatic carbocycles. The summed E-state index contributed by atoms with van der Waals surface area (Å²) in [6, 6.07) is 13.6. The van der Waals surface area contributed by atoms with E-state index in [1.807, 2.05) is 23.1 Å². The molecule has 0 atom stereocenters. The van der Waals surface area contributed by atoms with Crippen molar-refractivity contribution in [2.24, 2.45) is 0 Å². The Morgan fingerprint density at radius 3 is 2.38 bits per heavy atom. The van der Waals surface area contributed by atoms with Crippen molar-refractivity contribution >= 4 is 28.1 Å². The van der Waals surface area contributed by atoms with Gasteiger partial charge in [0.2, 0.25) is 5.52 Å². The molecule has 0 amide bonds. The van der Waals surface area contributed by atoms with Gasteiger partial charge in [-0.2, -0.15) is 0 Å². The van der Waals surface area contributed by atoms with E-state index < -0.39 is 4.92 Å². The molecule has 0 N–H and O–H groups in total. The summed E-state index contributed by atoms with van der Waals surface area (Å²) in [4.78, 5) is 15.4. The number of hydrogen-bond acceptors (Lipinski definition) is 7. The van der Waals surface area contributed by atoms with Gasteiger partial charge in [-0.3, -0.25) is 10.1 Å². The minimum Gasteiger partial charge on any atom is -0.368 e. The van der Waals surface area contributed by atoms with E-state index in [4.69, 9.17) is 0 Å². The van der Waals surface area contributed by atoms with Gasteiger partial charge in [-0.15, -0.1) is 0 Å². The van der Waals surface area contributed by atoms with Gasteiger partial charge in [0.1, 0.15) is 11.2 Å². The predicted octanol–water partition coefficient (Wildman–Crippen LogP) is 2.46. The summed E-state index contributed by atoms with van der Waals surface area (Å²) in [5, 5.41) is 18.9. The molecule has 0 saturated carbocycles. The third-order valence-corrected chi connectivity index (χ3v) is 4.30. The summed E-state index contributed by atoms with van der Waals surface area (Å²) in [7, 11) is 0. The van der Waals surface area contributed by atoms with E-state index in [-0.39, 0.29) is 11.2 Å². The molecule has 8 heteroatoms. The first-order valence-electron chi connectivity index (χ1n) is 7.68. The van der Waals surface area contributed by atoms with Crippen LogP contribution in [-0.2, 0) is 0 Å². The molecule has 0 spiro atoms. The van der Waals surface area contributed by atoms with Crippen molar-refractivity contribution < 1.29 is 9.55 Å². The number of fused-ring (bicyclic) bond motifs is 1. The number of rotatable bonds is 3. The molecule has 1 aliphatic rings. The van der Waals surface area contributed by atoms with Crippen LogP contribution in [-0.4, -0.2) is 41.4 Å². The van der Waals surface area contributed by atoms with Crippen LogP contribution in [0, 0.1) is 10.1 Å². The second kappa shape index (κ2) is 5.80. The summed E-state index contributed by atoms with van der Waals surface area (Å²) >= 11 is 0. The molecule has 1 aliphatic heterocycles. The Bertz CT molecular complexity index is 872. The van der Waals surface area contributed by atoms with E-state index in [1.54, 1.807) is 12.1 Å². The zero-order valence-electron chi connectivity index (χ0n) is 12.8. The summed E-state index contributed by atoms with van der Waals surface area (Å²) < 4.78 is 4.64. The first-order valence-corrected chi connectivity index (χ1v) is 7.68. The van der Waals surface area contributed by atoms with Crippen molar-refractivity contribution in [2.75, 3.05) is 36.0 Å². The van der Waals surface area contributed by atoms with Crippen molar-refractivity contribution in [3.63, 3.8) is 0 Å². The minimum atomic E-state index is -0.411. The quantitative estimate of drug-likeness (QED) is 0.540. The molecule has 0 radical (unpaired) electrons. The van der Waals surface area contributed by atoms with Gasteiger partial charge in [-0.05, 0) is 34.6 Å². The average Bonchev–Trinajstić information content (AvgIpc) is 3.10. The zero-order chi connectivity index (χ0) is 16.5. The Hall–Kier alpha value is -3.16. The van der Waals surface area contributed by atoms with Gasteiger partial charge in [0.25, 0.3) is 0 Å². The zero-order valence-corrected chi connectivity index (χ0v) is 12.8. The molecule has 3 aromatic rings. The van der Waals surface area contributed by atoms with Gasteiger partial charge >= 0.3 is 5.69 Å². The van der Waals surface area contributed by atoms with Crippen LogP contribution in [0.1, 0.15) is 0 Å². The van der Waals surface area contributed by atoms with E-state index >= 15 is 0 Å². The molecule has 0 bridgehead atoms. The third-order valence-electron chi connectivity index (χ3n) is 4.30. The van der Waals surface area contributed by atoms with E-state index in [1.165, 1.54) is 5.69 Å². The number of para-hydroxylation sites is 1. The molecule has 1 aromatic heterocycles. The topological polar surface area (TPSA) is 88.5 Å². The van der Waals surface area contributed by atoms with Crippen LogP contribution in [0.2, 0.25) is 0 Å². The maximum atomic E-state index is 11.5. The lowest BCUT2D eigenvalue weighted by atomic mass is 10.1. The first-order chi connectivity index (χ1) is 11.7. The van der Waals surface area contributed by atoms with Crippen LogP contribution in [0.4, 0.5) is 17.1 Å². The van der Waals surface area contributed by atoms with Crippen molar-refractivity contribution in [3.8, 4) is 0 Å². The molecule has 1 fully saturated rings. The van der Waals surface area contributed by atoms with E-state index in [0.29, 0.717) is 24.3 Å². The van der Waals surface area contributed by atoms with Crippen LogP contribution >= 0.6 is 0 Å². The van der Waals surface area contributed by atoms with Crippen LogP contribution in [0.3, 0.4) is 0 Å². The van der Waals surface area contributed by atoms with Crippen molar-refractivity contribution in [1.29, 1.82) is 0 Å². The highest BCUT2D eigenvalue weighted by molar-refractivity contribution is 5.91. The Kier molecular flexibility index (Phi) is 3.49. The summed E-state index contributed by atoms with van der Waals surface area (Å²) in [5.74, 6) is 0. The van der Waals surface area contributed by atoms with Gasteiger partial charge in [0.05, 0.1) is 4.92 Å². The second-order valence-corrected chi connectivity index (χ2v) is 5.63. The molecule has 24 heavy (non-hydrogen) atoms. The number of benzene rings is 2. The minimum absolute atomic E-state index is 0.0399. The Morgan fingerprint density at radius 2 is 1.67 bits per heavy atom. The van der Waals surface area contributed by atoms with E-state index in [0.717, 1.165) is 13.1 Å². The maximum absolute atomic E-state index is 11.5. The SMILES string of the molecule is O=[N+]([O-])c1c(N2CCN(c3ccccc3)CC2)ccc2nonc12. The molecule has 8 nitrogen and oxygen atoms in total. The van der Waals surface area contributed by atoms with Gasteiger partial charge in [0.15, 0.2) is 0 Å². The van der Waals surface area contributed by atoms with Crippen LogP contribution in [0.5, 0.6) is 0 Å². The number of nitro benzene ring substituents is 1. The van der Waals surface area contributed by atoms with Crippen molar-refractivity contribution in [1.82, 2.24) is 10.3 Å². The van der Waals surface area contributed by atoms with Gasteiger partial charge < -0.3 is 9.80 Å². The Morgan fingerprint density at radius 1 is 0.958 bits per heavy atom. The molecular formula is C16H15N5O3. The highest BCUT2D eigenvalue weighted by atomic mass is 16.6. The number of piperazine rings is 1. The predicted molar refractivity (Wildman–Crippen MR) is 89.3 cm³/mol. The first kappa shape index (κ1) is 14.4. The van der Waals surface area contributed by atoms with Crippen LogP contribution < -0.4 is 9.80 Å². The summed E-state index contributed by atoms with van der Waals surface area (Å²) in [6.07, 6.45) is 0. The fourth-order valence-electron chi connectivity index (χ4n) is 3.11. The normalized spacial score (nSPS) is 15.0. The van der Waals surface area contributed by atoms with Gasteiger partial charge in [0, 0.05) is 31.9 Å². The highest BCUT2D eigenvalue weighted by Gasteiger charge is 2.28. The monoisotopic (exact) mass is 325 g/mol. The lowest BCUT2D eigenvalue weighted by molar-refractivity contribution is -0.382. The second-order valence-electron chi connectivity index (χ2n) is 5.63. The van der Waals surface area contributed by atoms with E-state index in [2.05, 4.69) is 32.0 Å². The molecule has 2 heterocycles. The highest BCUT2D eigenvalue weighted by Crippen LogP contribution is 2.35. The van der Waals surface area contributed by atoms with Crippen LogP contribution in [0.15, 0.2) is 47.1 Å². The van der Waals surface area contributed by atoms with E-state index in [9.17, 15) is 10.1 Å². The number of anilines is 2. The van der Waals surface area contributed by atoms with Gasteiger partial charge in [-0.1, -0.05) is 18.2 Å². The summed E-state index contributed by atoms with van der Waals surface area (Å²) in [5.41, 5.74) is 2.29. The van der Waals surface area contributed by atoms with Gasteiger partial charge in [-0.25, -0.2) is 4.63 Å². The number of hydrogen-bond donors (Lipinski definition) is 0. The Balaban J connectivity index is 1.61. The molecule has 4 rings (SSSR count). The smallest absolute Gasteiger partial charge is 0.323 e. The lowest BCUT2D eigenvalue weighted by Crippen LogP contribution is -2.46. The molecule has 0 aliphatic carbocycles. The van der Waals surface area contributed by atoms with Crippen molar-refractivity contribution in [2.45, 2.75) is 0 Å². The largest absolute Gasteiger partial charge is 0.368 e. The molecule has 0 unspecified atom stereocenters. The fraction of sp³-hybridized carbons (Fsp3) is 0.250. The number of nitrogens with zero attached hydrogens (tertiary/aromatic N) is 5. The standard InChI is InChI=1S/C16H15N5O3/c22-21(23)16-14(7-6-13-15(16)18-24-17-13)20-10-8-19(9-11-20)12-4-2-1-3-5-12/h1-7H,8-11H2. The molecule has 122 valence electrons. The van der Waals surface area contributed by atoms with Crippen LogP contribution in [0.25, 0.3) is 11.0 Å². The summed E-state index contributed by atoms with van der Waals surface area (Å²) in [6.45, 7) is 3.01. The Labute approximate surface area is 137 Å². The fourth-order valence-corrected chi connectivity index (χ4v) is 3.11. The van der Waals surface area contributed by atoms with Crippen molar-refractivity contribution in [3.05, 3.63) is 52.6 Å². The molecular weight excluding hydrogens is 310 g/mol. The molecule has 1 saturated heterocycles.